The molecule has 1 saturated heterocycles. The van der Waals surface area contributed by atoms with E-state index in [1.54, 1.807) is 0 Å². The van der Waals surface area contributed by atoms with Gasteiger partial charge in [-0.15, -0.1) is 0 Å². The molecule has 1 fully saturated rings. The summed E-state index contributed by atoms with van der Waals surface area (Å²) in [5.41, 5.74) is 10.4. The predicted octanol–water partition coefficient (Wildman–Crippen LogP) is 8.46. The molecule has 0 aromatic heterocycles. The highest BCUT2D eigenvalue weighted by Gasteiger charge is 2.44. The third-order valence-electron chi connectivity index (χ3n) is 10.1. The molecule has 5 rings (SSSR count). The molecule has 3 nitrogen and oxygen atoms in total. The summed E-state index contributed by atoms with van der Waals surface area (Å²) in [5.74, 6) is 0.483. The van der Waals surface area contributed by atoms with Gasteiger partial charge < -0.3 is 14.6 Å². The number of aliphatic hydroxyl groups is 1. The lowest BCUT2D eigenvalue weighted by atomic mass is 9.66. The lowest BCUT2D eigenvalue weighted by Crippen LogP contribution is -2.45. The van der Waals surface area contributed by atoms with Crippen LogP contribution in [0.3, 0.4) is 0 Å². The molecule has 0 spiro atoms. The van der Waals surface area contributed by atoms with Crippen LogP contribution < -0.4 is 0 Å². The van der Waals surface area contributed by atoms with Gasteiger partial charge in [0.2, 0.25) is 0 Å². The van der Waals surface area contributed by atoms with Gasteiger partial charge in [0.15, 0.2) is 0 Å². The van der Waals surface area contributed by atoms with Crippen LogP contribution in [0.1, 0.15) is 93.4 Å². The standard InChI is InChI=1S/C35H48O3/c1-8-10-12-26-28(31-21(3)14-15-25-16-17-35(7,9-2)38-34(25)31)20-23(5)30(32(26)36)29-19-22(4)24(6)33-27(29)13-11-18-37-33/h11,14-15,18-20,24,30-34,36H,8-10,12-13,16-17H2,1-7H3. The number of hydrogen-bond donors (Lipinski definition) is 1. The minimum atomic E-state index is -0.531. The van der Waals surface area contributed by atoms with Gasteiger partial charge in [-0.2, -0.15) is 0 Å². The lowest BCUT2D eigenvalue weighted by Gasteiger charge is -2.47. The van der Waals surface area contributed by atoms with E-state index < -0.39 is 6.10 Å². The van der Waals surface area contributed by atoms with Gasteiger partial charge in [0.1, 0.15) is 6.10 Å². The molecule has 7 atom stereocenters. The summed E-state index contributed by atoms with van der Waals surface area (Å²) in [5, 5.41) is 12.3. The molecule has 0 bridgehead atoms. The molecular formula is C35H48O3. The summed E-state index contributed by atoms with van der Waals surface area (Å²) in [4.78, 5) is 0. The van der Waals surface area contributed by atoms with Crippen LogP contribution in [0.5, 0.6) is 0 Å². The minimum Gasteiger partial charge on any atom is -0.493 e. The molecule has 0 radical (unpaired) electrons. The first-order valence-corrected chi connectivity index (χ1v) is 15.0. The highest BCUT2D eigenvalue weighted by molar-refractivity contribution is 5.53. The molecule has 38 heavy (non-hydrogen) atoms. The van der Waals surface area contributed by atoms with Gasteiger partial charge in [-0.05, 0) is 100 Å². The van der Waals surface area contributed by atoms with Gasteiger partial charge in [-0.25, -0.2) is 0 Å². The Labute approximate surface area is 230 Å². The summed E-state index contributed by atoms with van der Waals surface area (Å²) in [6.45, 7) is 15.7. The maximum atomic E-state index is 12.3. The van der Waals surface area contributed by atoms with Crippen molar-refractivity contribution in [2.75, 3.05) is 0 Å². The fourth-order valence-electron chi connectivity index (χ4n) is 7.33. The van der Waals surface area contributed by atoms with Crippen LogP contribution in [0, 0.1) is 17.8 Å². The van der Waals surface area contributed by atoms with Crippen molar-refractivity contribution in [3.8, 4) is 0 Å². The first kappa shape index (κ1) is 27.5. The van der Waals surface area contributed by atoms with Crippen LogP contribution in [0.15, 0.2) is 81.2 Å². The number of rotatable bonds is 6. The van der Waals surface area contributed by atoms with Crippen LogP contribution in [0.25, 0.3) is 0 Å². The molecular weight excluding hydrogens is 468 g/mol. The highest BCUT2D eigenvalue weighted by atomic mass is 16.5. The number of ether oxygens (including phenoxy) is 2. The van der Waals surface area contributed by atoms with Gasteiger partial charge in [-0.3, -0.25) is 0 Å². The van der Waals surface area contributed by atoms with E-state index in [9.17, 15) is 5.11 Å². The second-order valence-electron chi connectivity index (χ2n) is 12.7. The number of allylic oxidation sites excluding steroid dienone is 5. The fraction of sp³-hybridized carbons (Fsp3) is 0.600. The number of aliphatic hydroxyl groups excluding tert-OH is 1. The zero-order valence-electron chi connectivity index (χ0n) is 24.6. The Morgan fingerprint density at radius 2 is 1.74 bits per heavy atom. The Bertz CT molecular complexity index is 1170. The molecule has 0 saturated carbocycles. The van der Waals surface area contributed by atoms with Gasteiger partial charge in [0, 0.05) is 17.8 Å². The monoisotopic (exact) mass is 516 g/mol. The largest absolute Gasteiger partial charge is 0.493 e. The lowest BCUT2D eigenvalue weighted by molar-refractivity contribution is -0.106. The predicted molar refractivity (Wildman–Crippen MR) is 157 cm³/mol. The second-order valence-corrected chi connectivity index (χ2v) is 12.7. The average Bonchev–Trinajstić information content (AvgIpc) is 2.90. The van der Waals surface area contributed by atoms with Gasteiger partial charge in [0.25, 0.3) is 0 Å². The molecule has 206 valence electrons. The van der Waals surface area contributed by atoms with Crippen molar-refractivity contribution in [2.24, 2.45) is 17.8 Å². The van der Waals surface area contributed by atoms with Crippen molar-refractivity contribution < 1.29 is 14.6 Å². The summed E-state index contributed by atoms with van der Waals surface area (Å²) < 4.78 is 13.1. The molecule has 5 aliphatic rings. The van der Waals surface area contributed by atoms with E-state index in [2.05, 4.69) is 78.8 Å². The Kier molecular flexibility index (Phi) is 7.82. The van der Waals surface area contributed by atoms with E-state index in [4.69, 9.17) is 9.47 Å². The van der Waals surface area contributed by atoms with E-state index in [0.717, 1.165) is 44.9 Å². The molecule has 3 heteroatoms. The molecule has 0 aromatic carbocycles. The van der Waals surface area contributed by atoms with Gasteiger partial charge >= 0.3 is 0 Å². The van der Waals surface area contributed by atoms with Gasteiger partial charge in [-0.1, -0.05) is 68.2 Å². The van der Waals surface area contributed by atoms with Crippen molar-refractivity contribution in [1.29, 1.82) is 0 Å². The third kappa shape index (κ3) is 4.75. The zero-order chi connectivity index (χ0) is 27.2. The van der Waals surface area contributed by atoms with Crippen molar-refractivity contribution >= 4 is 0 Å². The van der Waals surface area contributed by atoms with Crippen molar-refractivity contribution in [3.63, 3.8) is 0 Å². The maximum absolute atomic E-state index is 12.3. The highest BCUT2D eigenvalue weighted by Crippen LogP contribution is 2.50. The molecule has 3 aliphatic carbocycles. The average molecular weight is 517 g/mol. The van der Waals surface area contributed by atoms with Crippen molar-refractivity contribution in [3.05, 3.63) is 81.2 Å². The molecule has 0 amide bonds. The van der Waals surface area contributed by atoms with Crippen LogP contribution in [0.2, 0.25) is 0 Å². The first-order valence-electron chi connectivity index (χ1n) is 15.0. The van der Waals surface area contributed by atoms with E-state index in [1.165, 1.54) is 44.6 Å². The topological polar surface area (TPSA) is 38.7 Å². The van der Waals surface area contributed by atoms with Crippen LogP contribution in [0.4, 0.5) is 0 Å². The van der Waals surface area contributed by atoms with E-state index >= 15 is 0 Å². The molecule has 2 heterocycles. The van der Waals surface area contributed by atoms with E-state index in [0.29, 0.717) is 5.92 Å². The Morgan fingerprint density at radius 1 is 0.974 bits per heavy atom. The fourth-order valence-corrected chi connectivity index (χ4v) is 7.33. The summed E-state index contributed by atoms with van der Waals surface area (Å²) in [6, 6.07) is 0. The summed E-state index contributed by atoms with van der Waals surface area (Å²) in [6.07, 6.45) is 20.2. The van der Waals surface area contributed by atoms with Crippen LogP contribution in [-0.4, -0.2) is 29.0 Å². The normalized spacial score (nSPS) is 37.1. The third-order valence-corrected chi connectivity index (χ3v) is 10.1. The van der Waals surface area contributed by atoms with Crippen molar-refractivity contribution in [1.82, 2.24) is 0 Å². The summed E-state index contributed by atoms with van der Waals surface area (Å²) in [7, 11) is 0. The Morgan fingerprint density at radius 3 is 2.47 bits per heavy atom. The van der Waals surface area contributed by atoms with Crippen molar-refractivity contribution in [2.45, 2.75) is 117 Å². The zero-order valence-corrected chi connectivity index (χ0v) is 24.6. The number of unbranched alkanes of at least 4 members (excludes halogenated alkanes) is 1. The second kappa shape index (κ2) is 10.8. The van der Waals surface area contributed by atoms with E-state index in [-0.39, 0.29) is 29.6 Å². The Balaban J connectivity index is 1.59. The number of hydrogen-bond acceptors (Lipinski definition) is 3. The Hall–Kier alpha value is -2.10. The molecule has 7 unspecified atom stereocenters. The molecule has 2 aliphatic heterocycles. The number of fused-ring (bicyclic) bond motifs is 2. The summed E-state index contributed by atoms with van der Waals surface area (Å²) >= 11 is 0. The van der Waals surface area contributed by atoms with Crippen LogP contribution >= 0.6 is 0 Å². The quantitative estimate of drug-likeness (QED) is 0.385. The molecule has 0 aromatic rings. The minimum absolute atomic E-state index is 0.0308. The maximum Gasteiger partial charge on any atom is 0.126 e. The molecule has 1 N–H and O–H groups in total. The SMILES string of the molecule is CCCCC1=C(C2C(C)=CC=C3CCC(C)(CC)OC32)C=C(C)C(C2=C3CC=COC3C(C)C(C)=C2)C1O. The smallest absolute Gasteiger partial charge is 0.126 e. The van der Waals surface area contributed by atoms with E-state index in [1.807, 2.05) is 6.26 Å². The first-order chi connectivity index (χ1) is 18.2. The van der Waals surface area contributed by atoms with Gasteiger partial charge in [0.05, 0.1) is 24.1 Å². The van der Waals surface area contributed by atoms with Crippen LogP contribution in [-0.2, 0) is 9.47 Å².